The number of pyridine rings is 1. The number of benzene rings is 1. The Bertz CT molecular complexity index is 776. The van der Waals surface area contributed by atoms with Gasteiger partial charge in [0.15, 0.2) is 8.32 Å². The molecule has 2 heterocycles. The van der Waals surface area contributed by atoms with Crippen LogP contribution in [-0.2, 0) is 17.6 Å². The second-order valence-corrected chi connectivity index (χ2v) is 14.4. The minimum Gasteiger partial charge on any atom is -0.413 e. The average molecular weight is 413 g/mol. The van der Waals surface area contributed by atoms with Crippen molar-refractivity contribution in [3.63, 3.8) is 0 Å². The van der Waals surface area contributed by atoms with Gasteiger partial charge >= 0.3 is 0 Å². The van der Waals surface area contributed by atoms with E-state index >= 15 is 0 Å². The predicted molar refractivity (Wildman–Crippen MR) is 125 cm³/mol. The van der Waals surface area contributed by atoms with E-state index in [0.29, 0.717) is 12.3 Å². The van der Waals surface area contributed by atoms with Crippen molar-refractivity contribution in [1.29, 1.82) is 0 Å². The summed E-state index contributed by atoms with van der Waals surface area (Å²) >= 11 is 0. The Morgan fingerprint density at radius 1 is 0.966 bits per heavy atom. The first-order valence-electron chi connectivity index (χ1n) is 10.5. The molecular formula is C23H36N4OSi. The van der Waals surface area contributed by atoms with E-state index in [1.807, 2.05) is 12.1 Å². The molecule has 158 valence electrons. The fraction of sp³-hybridized carbons (Fsp3) is 0.522. The highest BCUT2D eigenvalue weighted by molar-refractivity contribution is 6.74. The summed E-state index contributed by atoms with van der Waals surface area (Å²) in [5.74, 6) is 1.02. The summed E-state index contributed by atoms with van der Waals surface area (Å²) in [4.78, 5) is 9.28. The molecule has 29 heavy (non-hydrogen) atoms. The van der Waals surface area contributed by atoms with Gasteiger partial charge in [0.25, 0.3) is 0 Å². The first-order valence-corrected chi connectivity index (χ1v) is 13.5. The number of nitrogens with zero attached hydrogens (tertiary/aromatic N) is 3. The maximum Gasteiger partial charge on any atom is 0.192 e. The molecule has 0 bridgehead atoms. The van der Waals surface area contributed by atoms with Crippen LogP contribution in [0.25, 0.3) is 0 Å². The van der Waals surface area contributed by atoms with Crippen molar-refractivity contribution in [3.05, 3.63) is 53.7 Å². The van der Waals surface area contributed by atoms with Gasteiger partial charge in [-0.25, -0.2) is 4.98 Å². The standard InChI is InChI=1S/C23H36N4OSi/c1-23(2,3)29(4,5)28-18-20-8-6-19(7-9-20)17-26-12-14-27(15-13-26)22-11-10-21(24)16-25-22/h6-11,16H,12-15,17-18,24H2,1-5H3. The first-order chi connectivity index (χ1) is 13.6. The van der Waals surface area contributed by atoms with Gasteiger partial charge < -0.3 is 15.1 Å². The summed E-state index contributed by atoms with van der Waals surface area (Å²) in [6.07, 6.45) is 1.73. The zero-order valence-corrected chi connectivity index (χ0v) is 19.6. The number of nitrogens with two attached hydrogens (primary N) is 1. The number of anilines is 2. The van der Waals surface area contributed by atoms with Gasteiger partial charge in [0.1, 0.15) is 5.82 Å². The SMILES string of the molecule is CC(C)(C)[Si](C)(C)OCc1ccc(CN2CCN(c3ccc(N)cn3)CC2)cc1. The Balaban J connectivity index is 1.47. The minimum atomic E-state index is -1.70. The molecule has 1 aliphatic rings. The fourth-order valence-electron chi connectivity index (χ4n) is 3.20. The molecule has 1 aromatic heterocycles. The maximum atomic E-state index is 6.34. The molecule has 6 heteroatoms. The molecule has 2 N–H and O–H groups in total. The van der Waals surface area contributed by atoms with Gasteiger partial charge in [0.2, 0.25) is 0 Å². The number of hydrogen-bond acceptors (Lipinski definition) is 5. The lowest BCUT2D eigenvalue weighted by Gasteiger charge is -2.36. The molecule has 1 aliphatic heterocycles. The highest BCUT2D eigenvalue weighted by Crippen LogP contribution is 2.37. The summed E-state index contributed by atoms with van der Waals surface area (Å²) in [7, 11) is -1.70. The van der Waals surface area contributed by atoms with Gasteiger partial charge in [-0.2, -0.15) is 0 Å². The van der Waals surface area contributed by atoms with Gasteiger partial charge in [-0.05, 0) is 41.4 Å². The Kier molecular flexibility index (Phi) is 6.66. The molecular weight excluding hydrogens is 376 g/mol. The van der Waals surface area contributed by atoms with Crippen LogP contribution in [0.4, 0.5) is 11.5 Å². The van der Waals surface area contributed by atoms with E-state index in [1.165, 1.54) is 11.1 Å². The molecule has 0 aliphatic carbocycles. The van der Waals surface area contributed by atoms with Crippen molar-refractivity contribution >= 4 is 19.8 Å². The molecule has 0 radical (unpaired) electrons. The van der Waals surface area contributed by atoms with Gasteiger partial charge in [0, 0.05) is 32.7 Å². The molecule has 1 fully saturated rings. The third-order valence-electron chi connectivity index (χ3n) is 6.30. The summed E-state index contributed by atoms with van der Waals surface area (Å²) < 4.78 is 6.34. The third kappa shape index (κ3) is 5.81. The summed E-state index contributed by atoms with van der Waals surface area (Å²) in [6.45, 7) is 17.2. The Morgan fingerprint density at radius 3 is 2.14 bits per heavy atom. The second kappa shape index (κ2) is 8.86. The number of aromatic nitrogens is 1. The van der Waals surface area contributed by atoms with Crippen molar-refractivity contribution in [2.24, 2.45) is 0 Å². The third-order valence-corrected chi connectivity index (χ3v) is 10.8. The van der Waals surface area contributed by atoms with E-state index in [9.17, 15) is 0 Å². The molecule has 5 nitrogen and oxygen atoms in total. The quantitative estimate of drug-likeness (QED) is 0.708. The van der Waals surface area contributed by atoms with Gasteiger partial charge in [-0.3, -0.25) is 4.90 Å². The average Bonchev–Trinajstić information content (AvgIpc) is 2.68. The van der Waals surface area contributed by atoms with Crippen molar-refractivity contribution in [2.75, 3.05) is 36.8 Å². The minimum absolute atomic E-state index is 0.247. The normalized spacial score (nSPS) is 16.2. The summed E-state index contributed by atoms with van der Waals surface area (Å²) in [5.41, 5.74) is 9.08. The van der Waals surface area contributed by atoms with Crippen molar-refractivity contribution in [3.8, 4) is 0 Å². The highest BCUT2D eigenvalue weighted by Gasteiger charge is 2.37. The highest BCUT2D eigenvalue weighted by atomic mass is 28.4. The molecule has 0 atom stereocenters. The van der Waals surface area contributed by atoms with Crippen LogP contribution >= 0.6 is 0 Å². The molecule has 0 unspecified atom stereocenters. The predicted octanol–water partition coefficient (Wildman–Crippen LogP) is 4.51. The van der Waals surface area contributed by atoms with Crippen LogP contribution in [0.5, 0.6) is 0 Å². The monoisotopic (exact) mass is 412 g/mol. The van der Waals surface area contributed by atoms with Gasteiger partial charge in [0.05, 0.1) is 18.5 Å². The molecule has 1 aromatic carbocycles. The lowest BCUT2D eigenvalue weighted by atomic mass is 10.1. The number of hydrogen-bond donors (Lipinski definition) is 1. The number of piperazine rings is 1. The van der Waals surface area contributed by atoms with E-state index in [-0.39, 0.29) is 5.04 Å². The fourth-order valence-corrected chi connectivity index (χ4v) is 4.16. The summed E-state index contributed by atoms with van der Waals surface area (Å²) in [5, 5.41) is 0.247. The van der Waals surface area contributed by atoms with Gasteiger partial charge in [-0.15, -0.1) is 0 Å². The molecule has 0 spiro atoms. The van der Waals surface area contributed by atoms with Gasteiger partial charge in [-0.1, -0.05) is 45.0 Å². The molecule has 3 rings (SSSR count). The van der Waals surface area contributed by atoms with Crippen LogP contribution < -0.4 is 10.6 Å². The second-order valence-electron chi connectivity index (χ2n) is 9.58. The van der Waals surface area contributed by atoms with E-state index in [2.05, 4.69) is 72.9 Å². The van der Waals surface area contributed by atoms with Crippen molar-refractivity contribution in [2.45, 2.75) is 52.1 Å². The largest absolute Gasteiger partial charge is 0.413 e. The van der Waals surface area contributed by atoms with Crippen LogP contribution in [0.3, 0.4) is 0 Å². The van der Waals surface area contributed by atoms with Crippen LogP contribution in [0.15, 0.2) is 42.6 Å². The topological polar surface area (TPSA) is 54.6 Å². The zero-order valence-electron chi connectivity index (χ0n) is 18.6. The smallest absolute Gasteiger partial charge is 0.192 e. The Labute approximate surface area is 177 Å². The molecule has 0 saturated carbocycles. The van der Waals surface area contributed by atoms with E-state index in [0.717, 1.165) is 38.5 Å². The zero-order chi connectivity index (χ0) is 21.1. The van der Waals surface area contributed by atoms with Crippen LogP contribution in [0, 0.1) is 0 Å². The van der Waals surface area contributed by atoms with Crippen LogP contribution in [-0.4, -0.2) is 44.4 Å². The lowest BCUT2D eigenvalue weighted by molar-refractivity contribution is 0.249. The van der Waals surface area contributed by atoms with E-state index in [4.69, 9.17) is 10.2 Å². The lowest BCUT2D eigenvalue weighted by Crippen LogP contribution is -2.46. The Morgan fingerprint density at radius 2 is 1.59 bits per heavy atom. The number of nitrogen functional groups attached to an aromatic ring is 1. The van der Waals surface area contributed by atoms with Crippen LogP contribution in [0.1, 0.15) is 31.9 Å². The maximum absolute atomic E-state index is 6.34. The van der Waals surface area contributed by atoms with Crippen molar-refractivity contribution in [1.82, 2.24) is 9.88 Å². The molecule has 0 amide bonds. The van der Waals surface area contributed by atoms with Crippen molar-refractivity contribution < 1.29 is 4.43 Å². The molecule has 2 aromatic rings. The summed E-state index contributed by atoms with van der Waals surface area (Å²) in [6, 6.07) is 12.9. The van der Waals surface area contributed by atoms with E-state index in [1.54, 1.807) is 6.20 Å². The Hall–Kier alpha value is -1.89. The van der Waals surface area contributed by atoms with E-state index < -0.39 is 8.32 Å². The molecule has 1 saturated heterocycles. The number of rotatable bonds is 6. The van der Waals surface area contributed by atoms with Crippen LogP contribution in [0.2, 0.25) is 18.1 Å². The first kappa shape index (κ1) is 21.8.